The van der Waals surface area contributed by atoms with Crippen molar-refractivity contribution in [3.63, 3.8) is 0 Å². The molecule has 5 rings (SSSR count). The van der Waals surface area contributed by atoms with Gasteiger partial charge in [0.25, 0.3) is 5.91 Å². The molecular weight excluding hydrogens is 651 g/mol. The lowest BCUT2D eigenvalue weighted by Crippen LogP contribution is -2.28. The van der Waals surface area contributed by atoms with Crippen LogP contribution in [0.4, 0.5) is 11.4 Å². The number of hydrogen-bond donors (Lipinski definition) is 0. The van der Waals surface area contributed by atoms with Crippen LogP contribution in [0.2, 0.25) is 5.02 Å². The van der Waals surface area contributed by atoms with Gasteiger partial charge < -0.3 is 4.74 Å². The van der Waals surface area contributed by atoms with Crippen LogP contribution in [0.5, 0.6) is 5.75 Å². The van der Waals surface area contributed by atoms with Gasteiger partial charge in [-0.25, -0.2) is 4.99 Å². The number of benzene rings is 4. The van der Waals surface area contributed by atoms with Gasteiger partial charge in [0.15, 0.2) is 5.17 Å². The van der Waals surface area contributed by atoms with Crippen molar-refractivity contribution < 1.29 is 9.53 Å². The molecular formula is C33H28ClIN2O2S. The molecule has 1 aliphatic rings. The number of halogens is 2. The summed E-state index contributed by atoms with van der Waals surface area (Å²) in [7, 11) is 0. The molecule has 0 spiro atoms. The highest BCUT2D eigenvalue weighted by Gasteiger charge is 2.34. The number of anilines is 1. The zero-order chi connectivity index (χ0) is 28.1. The van der Waals surface area contributed by atoms with Gasteiger partial charge in [-0.2, -0.15) is 0 Å². The molecule has 0 bridgehead atoms. The van der Waals surface area contributed by atoms with Gasteiger partial charge in [-0.15, -0.1) is 0 Å². The zero-order valence-corrected chi connectivity index (χ0v) is 26.0. The van der Waals surface area contributed by atoms with E-state index < -0.39 is 0 Å². The first-order chi connectivity index (χ1) is 19.4. The molecule has 4 aromatic rings. The van der Waals surface area contributed by atoms with E-state index in [-0.39, 0.29) is 5.91 Å². The molecule has 4 aromatic carbocycles. The van der Waals surface area contributed by atoms with Crippen LogP contribution < -0.4 is 9.64 Å². The Labute approximate surface area is 258 Å². The Morgan fingerprint density at radius 3 is 2.12 bits per heavy atom. The van der Waals surface area contributed by atoms with Gasteiger partial charge in [0, 0.05) is 5.02 Å². The molecule has 0 radical (unpaired) electrons. The smallest absolute Gasteiger partial charge is 0.271 e. The maximum atomic E-state index is 13.7. The van der Waals surface area contributed by atoms with E-state index in [4.69, 9.17) is 21.3 Å². The average Bonchev–Trinajstić information content (AvgIpc) is 3.27. The minimum absolute atomic E-state index is 0.0868. The molecule has 1 saturated heterocycles. The van der Waals surface area contributed by atoms with Crippen LogP contribution in [0.25, 0.3) is 6.08 Å². The van der Waals surface area contributed by atoms with E-state index in [1.54, 1.807) is 4.90 Å². The standard InChI is InChI=1S/C33H28ClIN2O2S/c1-3-22-7-14-27(15-8-22)36-33-37(28-16-9-23(4-2)10-17-28)32(38)31(40-33)20-25-11-18-30(29(35)19-25)39-21-24-5-12-26(34)13-6-24/h5-20H,3-4,21H2,1-2H3/b31-20-,36-33?. The second kappa shape index (κ2) is 13.1. The number of carbonyl (C=O) groups excluding carboxylic acids is 1. The molecule has 1 aliphatic heterocycles. The molecule has 7 heteroatoms. The van der Waals surface area contributed by atoms with Crippen molar-refractivity contribution in [3.8, 4) is 5.75 Å². The zero-order valence-electron chi connectivity index (χ0n) is 22.2. The molecule has 4 nitrogen and oxygen atoms in total. The maximum absolute atomic E-state index is 13.7. The Balaban J connectivity index is 1.41. The number of aryl methyl sites for hydroxylation is 2. The summed E-state index contributed by atoms with van der Waals surface area (Å²) in [6.07, 6.45) is 3.84. The van der Waals surface area contributed by atoms with Crippen LogP contribution in [0, 0.1) is 3.57 Å². The van der Waals surface area contributed by atoms with E-state index in [1.807, 2.05) is 72.8 Å². The number of amidine groups is 1. The van der Waals surface area contributed by atoms with Crippen LogP contribution in [0.1, 0.15) is 36.1 Å². The van der Waals surface area contributed by atoms with Crippen molar-refractivity contribution in [1.82, 2.24) is 0 Å². The molecule has 1 fully saturated rings. The average molecular weight is 679 g/mol. The first kappa shape index (κ1) is 28.5. The maximum Gasteiger partial charge on any atom is 0.271 e. The molecule has 1 amide bonds. The largest absolute Gasteiger partial charge is 0.488 e. The molecule has 1 heterocycles. The summed E-state index contributed by atoms with van der Waals surface area (Å²) >= 11 is 9.65. The van der Waals surface area contributed by atoms with E-state index in [2.05, 4.69) is 60.7 Å². The molecule has 202 valence electrons. The first-order valence-corrected chi connectivity index (χ1v) is 15.4. The Kier molecular flexibility index (Phi) is 9.29. The summed E-state index contributed by atoms with van der Waals surface area (Å²) in [5.74, 6) is 0.703. The van der Waals surface area contributed by atoms with Crippen molar-refractivity contribution in [2.45, 2.75) is 33.3 Å². The third-order valence-corrected chi connectivity index (χ3v) is 8.60. The number of hydrogen-bond acceptors (Lipinski definition) is 4. The van der Waals surface area contributed by atoms with Gasteiger partial charge >= 0.3 is 0 Å². The lowest BCUT2D eigenvalue weighted by atomic mass is 10.1. The summed E-state index contributed by atoms with van der Waals surface area (Å²) in [6, 6.07) is 29.8. The number of amides is 1. The van der Waals surface area contributed by atoms with Crippen LogP contribution in [0.15, 0.2) is 101 Å². The summed E-state index contributed by atoms with van der Waals surface area (Å²) < 4.78 is 7.00. The number of thioether (sulfide) groups is 1. The minimum atomic E-state index is -0.0868. The number of carbonyl (C=O) groups is 1. The lowest BCUT2D eigenvalue weighted by Gasteiger charge is -2.16. The SMILES string of the molecule is CCc1ccc(N=C2S/C(=C\c3ccc(OCc4ccc(Cl)cc4)c(I)c3)C(=O)N2c2ccc(CC)cc2)cc1. The van der Waals surface area contributed by atoms with E-state index in [0.717, 1.165) is 44.7 Å². The van der Waals surface area contributed by atoms with Crippen LogP contribution >= 0.6 is 46.0 Å². The van der Waals surface area contributed by atoms with Crippen molar-refractivity contribution in [2.75, 3.05) is 4.90 Å². The van der Waals surface area contributed by atoms with Gasteiger partial charge in [0.05, 0.1) is 19.9 Å². The summed E-state index contributed by atoms with van der Waals surface area (Å²) in [4.78, 5) is 20.9. The molecule has 0 atom stereocenters. The second-order valence-corrected chi connectivity index (χ2v) is 11.9. The fraction of sp³-hybridized carbons (Fsp3) is 0.152. The van der Waals surface area contributed by atoms with Crippen molar-refractivity contribution in [2.24, 2.45) is 4.99 Å². The quantitative estimate of drug-likeness (QED) is 0.138. The lowest BCUT2D eigenvalue weighted by molar-refractivity contribution is -0.113. The second-order valence-electron chi connectivity index (χ2n) is 9.29. The molecule has 0 aliphatic carbocycles. The molecule has 0 aromatic heterocycles. The Hall–Kier alpha value is -3.07. The van der Waals surface area contributed by atoms with Crippen LogP contribution in [-0.2, 0) is 24.2 Å². The predicted molar refractivity (Wildman–Crippen MR) is 177 cm³/mol. The van der Waals surface area contributed by atoms with E-state index in [9.17, 15) is 4.79 Å². The summed E-state index contributed by atoms with van der Waals surface area (Å²) in [5.41, 5.74) is 6.07. The van der Waals surface area contributed by atoms with E-state index in [0.29, 0.717) is 21.7 Å². The number of aliphatic imine (C=N–C) groups is 1. The van der Waals surface area contributed by atoms with E-state index >= 15 is 0 Å². The van der Waals surface area contributed by atoms with Crippen LogP contribution in [-0.4, -0.2) is 11.1 Å². The molecule has 0 unspecified atom stereocenters. The highest BCUT2D eigenvalue weighted by Crippen LogP contribution is 2.38. The van der Waals surface area contributed by atoms with Crippen molar-refractivity contribution in [1.29, 1.82) is 0 Å². The first-order valence-electron chi connectivity index (χ1n) is 13.1. The van der Waals surface area contributed by atoms with Gasteiger partial charge in [-0.3, -0.25) is 9.69 Å². The molecule has 40 heavy (non-hydrogen) atoms. The fourth-order valence-corrected chi connectivity index (χ4v) is 6.01. The molecule has 0 saturated carbocycles. The van der Waals surface area contributed by atoms with Crippen LogP contribution in [0.3, 0.4) is 0 Å². The van der Waals surface area contributed by atoms with Gasteiger partial charge in [-0.05, 0) is 124 Å². The number of nitrogens with zero attached hydrogens (tertiary/aromatic N) is 2. The summed E-state index contributed by atoms with van der Waals surface area (Å²) in [5, 5.41) is 1.34. The van der Waals surface area contributed by atoms with E-state index in [1.165, 1.54) is 22.9 Å². The normalized spacial score (nSPS) is 15.3. The number of ether oxygens (including phenoxy) is 1. The fourth-order valence-electron chi connectivity index (χ4n) is 4.19. The monoisotopic (exact) mass is 678 g/mol. The third kappa shape index (κ3) is 6.79. The molecule has 0 N–H and O–H groups in total. The minimum Gasteiger partial charge on any atom is -0.488 e. The van der Waals surface area contributed by atoms with Gasteiger partial charge in [0.2, 0.25) is 0 Å². The summed E-state index contributed by atoms with van der Waals surface area (Å²) in [6.45, 7) is 4.70. The van der Waals surface area contributed by atoms with Crippen molar-refractivity contribution >= 4 is 74.5 Å². The van der Waals surface area contributed by atoms with Crippen molar-refractivity contribution in [3.05, 3.63) is 127 Å². The third-order valence-electron chi connectivity index (χ3n) is 6.54. The van der Waals surface area contributed by atoms with Gasteiger partial charge in [0.1, 0.15) is 12.4 Å². The number of rotatable bonds is 8. The van der Waals surface area contributed by atoms with Gasteiger partial charge in [-0.1, -0.05) is 67.9 Å². The topological polar surface area (TPSA) is 41.9 Å². The predicted octanol–water partition coefficient (Wildman–Crippen LogP) is 9.46. The Morgan fingerprint density at radius 1 is 0.875 bits per heavy atom. The Morgan fingerprint density at radius 2 is 1.50 bits per heavy atom. The highest BCUT2D eigenvalue weighted by atomic mass is 127. The highest BCUT2D eigenvalue weighted by molar-refractivity contribution is 14.1. The Bertz CT molecular complexity index is 1570.